The molecule has 2 unspecified atom stereocenters. The maximum atomic E-state index is 13.0. The van der Waals surface area contributed by atoms with Crippen LogP contribution in [0.25, 0.3) is 0 Å². The molecule has 17 nitrogen and oxygen atoms in total. The predicted molar refractivity (Wildman–Crippen MR) is 368 cm³/mol. The van der Waals surface area contributed by atoms with Gasteiger partial charge in [-0.1, -0.05) is 296 Å². The number of phosphoric ester groups is 2. The molecule has 0 aliphatic heterocycles. The molecule has 3 N–H and O–H groups in total. The van der Waals surface area contributed by atoms with Gasteiger partial charge in [-0.05, 0) is 57.3 Å². The zero-order valence-corrected chi connectivity index (χ0v) is 60.3. The van der Waals surface area contributed by atoms with Crippen LogP contribution < -0.4 is 0 Å². The third kappa shape index (κ3) is 66.0. The molecule has 0 aromatic carbocycles. The molecule has 0 rings (SSSR count). The Bertz CT molecular complexity index is 1850. The lowest BCUT2D eigenvalue weighted by Gasteiger charge is -2.21. The standard InChI is InChI=1S/C72H136O17P2/c1-6-9-12-15-17-19-21-23-25-30-33-37-41-46-51-56-70(75)83-62-68(89-72(77)58-53-48-43-39-35-31-27-24-26-29-32-36-40-45-49-54-65(4)5)64-87-91(80,81)85-60-66(73)59-84-90(78,79)86-63-67(61-82-69(74)55-50-44-14-11-8-3)88-71(76)57-52-47-42-38-34-28-22-20-18-16-13-10-7-2/h19,21,23,25,65-68,73H,6-18,20,22,24,26-64H2,1-5H3,(H,78,79)(H,80,81)/b21-19-,25-23-/t66-,67+,68+/m0/s1. The highest BCUT2D eigenvalue weighted by atomic mass is 31.2. The molecule has 0 bridgehead atoms. The van der Waals surface area contributed by atoms with Gasteiger partial charge in [-0.2, -0.15) is 0 Å². The van der Waals surface area contributed by atoms with Crippen molar-refractivity contribution in [3.8, 4) is 0 Å². The van der Waals surface area contributed by atoms with E-state index in [4.69, 9.17) is 37.0 Å². The van der Waals surface area contributed by atoms with E-state index in [9.17, 15) is 43.2 Å². The summed E-state index contributed by atoms with van der Waals surface area (Å²) in [5, 5.41) is 10.6. The molecule has 0 aromatic rings. The zero-order chi connectivity index (χ0) is 67.0. The first-order chi connectivity index (χ1) is 44.0. The van der Waals surface area contributed by atoms with E-state index in [1.54, 1.807) is 0 Å². The Labute approximate surface area is 554 Å². The molecule has 0 aromatic heterocycles. The molecular weight excluding hydrogens is 1200 g/mol. The Morgan fingerprint density at radius 2 is 0.593 bits per heavy atom. The van der Waals surface area contributed by atoms with E-state index in [-0.39, 0.29) is 25.7 Å². The van der Waals surface area contributed by atoms with Crippen molar-refractivity contribution in [1.82, 2.24) is 0 Å². The van der Waals surface area contributed by atoms with Crippen LogP contribution in [0.5, 0.6) is 0 Å². The topological polar surface area (TPSA) is 237 Å². The van der Waals surface area contributed by atoms with Crippen molar-refractivity contribution in [2.75, 3.05) is 39.6 Å². The number of ether oxygens (including phenoxy) is 4. The van der Waals surface area contributed by atoms with Crippen molar-refractivity contribution in [3.63, 3.8) is 0 Å². The van der Waals surface area contributed by atoms with Crippen molar-refractivity contribution in [1.29, 1.82) is 0 Å². The molecule has 0 fully saturated rings. The van der Waals surface area contributed by atoms with Gasteiger partial charge in [-0.15, -0.1) is 0 Å². The number of rotatable bonds is 70. The third-order valence-corrected chi connectivity index (χ3v) is 18.1. The molecule has 0 aliphatic carbocycles. The number of hydrogen-bond acceptors (Lipinski definition) is 15. The highest BCUT2D eigenvalue weighted by Gasteiger charge is 2.30. The SMILES string of the molecule is CCCCCC/C=C\C=C/CCCCCCCC(=O)OC[C@H](COP(=O)(O)OC[C@@H](O)COP(=O)(O)OC[C@@H](COC(=O)CCCCCCC)OC(=O)CCCCCCCCCCCCCCC)OC(=O)CCCCCCCCCCCCCCCCCC(C)C. The van der Waals surface area contributed by atoms with E-state index in [0.717, 1.165) is 121 Å². The van der Waals surface area contributed by atoms with Gasteiger partial charge in [0.25, 0.3) is 0 Å². The molecular formula is C72H136O17P2. The van der Waals surface area contributed by atoms with Crippen LogP contribution in [0.4, 0.5) is 0 Å². The third-order valence-electron chi connectivity index (χ3n) is 16.2. The van der Waals surface area contributed by atoms with Crippen molar-refractivity contribution >= 4 is 39.5 Å². The fourth-order valence-corrected chi connectivity index (χ4v) is 12.0. The van der Waals surface area contributed by atoms with Crippen molar-refractivity contribution in [2.45, 2.75) is 368 Å². The highest BCUT2D eigenvalue weighted by molar-refractivity contribution is 7.47. The van der Waals surface area contributed by atoms with E-state index >= 15 is 0 Å². The van der Waals surface area contributed by atoms with E-state index in [1.807, 2.05) is 0 Å². The molecule has 19 heteroatoms. The van der Waals surface area contributed by atoms with Gasteiger partial charge in [0.15, 0.2) is 12.2 Å². The second kappa shape index (κ2) is 64.9. The Balaban J connectivity index is 5.19. The number of hydrogen-bond donors (Lipinski definition) is 3. The van der Waals surface area contributed by atoms with Gasteiger partial charge in [0.05, 0.1) is 26.4 Å². The smallest absolute Gasteiger partial charge is 0.462 e. The Hall–Kier alpha value is -2.46. The van der Waals surface area contributed by atoms with E-state index < -0.39 is 97.5 Å². The summed E-state index contributed by atoms with van der Waals surface area (Å²) in [6.07, 6.45) is 55.2. The number of allylic oxidation sites excluding steroid dienone is 4. The van der Waals surface area contributed by atoms with Crippen LogP contribution in [-0.2, 0) is 65.4 Å². The van der Waals surface area contributed by atoms with Gasteiger partial charge >= 0.3 is 39.5 Å². The lowest BCUT2D eigenvalue weighted by atomic mass is 10.0. The average Bonchev–Trinajstić information content (AvgIpc) is 3.70. The normalized spacial score (nSPS) is 14.2. The number of aliphatic hydroxyl groups excluding tert-OH is 1. The minimum atomic E-state index is -4.96. The number of carbonyl (C=O) groups excluding carboxylic acids is 4. The number of unbranched alkanes of at least 4 members (excludes halogenated alkanes) is 39. The van der Waals surface area contributed by atoms with Crippen LogP contribution >= 0.6 is 15.6 Å². The van der Waals surface area contributed by atoms with Crippen LogP contribution in [0, 0.1) is 5.92 Å². The van der Waals surface area contributed by atoms with E-state index in [2.05, 4.69) is 58.9 Å². The Kier molecular flexibility index (Phi) is 63.1. The van der Waals surface area contributed by atoms with Crippen molar-refractivity contribution < 1.29 is 80.2 Å². The number of aliphatic hydroxyl groups is 1. The molecule has 536 valence electrons. The molecule has 0 radical (unpaired) electrons. The number of esters is 4. The predicted octanol–water partition coefficient (Wildman–Crippen LogP) is 20.5. The largest absolute Gasteiger partial charge is 0.472 e. The summed E-state index contributed by atoms with van der Waals surface area (Å²) in [4.78, 5) is 72.3. The number of phosphoric acid groups is 2. The second-order valence-corrected chi connectivity index (χ2v) is 28.7. The van der Waals surface area contributed by atoms with Crippen LogP contribution in [0.3, 0.4) is 0 Å². The summed E-state index contributed by atoms with van der Waals surface area (Å²) in [5.74, 6) is -1.36. The Morgan fingerprint density at radius 1 is 0.341 bits per heavy atom. The van der Waals surface area contributed by atoms with Crippen LogP contribution in [-0.4, -0.2) is 96.7 Å². The van der Waals surface area contributed by atoms with Crippen LogP contribution in [0.2, 0.25) is 0 Å². The summed E-state index contributed by atoms with van der Waals surface area (Å²) in [5.41, 5.74) is 0. The van der Waals surface area contributed by atoms with Gasteiger partial charge in [0, 0.05) is 25.7 Å². The quantitative estimate of drug-likeness (QED) is 0.0169. The maximum absolute atomic E-state index is 13.0. The van der Waals surface area contributed by atoms with Crippen LogP contribution in [0.1, 0.15) is 349 Å². The van der Waals surface area contributed by atoms with Crippen molar-refractivity contribution in [3.05, 3.63) is 24.3 Å². The first-order valence-electron chi connectivity index (χ1n) is 37.0. The maximum Gasteiger partial charge on any atom is 0.472 e. The van der Waals surface area contributed by atoms with Crippen LogP contribution in [0.15, 0.2) is 24.3 Å². The fourth-order valence-electron chi connectivity index (χ4n) is 10.5. The summed E-state index contributed by atoms with van der Waals surface area (Å²) in [6, 6.07) is 0. The van der Waals surface area contributed by atoms with E-state index in [1.165, 1.54) is 148 Å². The molecule has 0 saturated heterocycles. The molecule has 0 heterocycles. The zero-order valence-electron chi connectivity index (χ0n) is 58.5. The second-order valence-electron chi connectivity index (χ2n) is 25.8. The molecule has 0 spiro atoms. The fraction of sp³-hybridized carbons (Fsp3) is 0.889. The van der Waals surface area contributed by atoms with Gasteiger partial charge < -0.3 is 33.8 Å². The lowest BCUT2D eigenvalue weighted by Crippen LogP contribution is -2.30. The number of carbonyl (C=O) groups is 4. The van der Waals surface area contributed by atoms with Gasteiger partial charge in [0.2, 0.25) is 0 Å². The van der Waals surface area contributed by atoms with Crippen molar-refractivity contribution in [2.24, 2.45) is 5.92 Å². The summed E-state index contributed by atoms with van der Waals surface area (Å²) in [7, 11) is -9.90. The minimum absolute atomic E-state index is 0.101. The summed E-state index contributed by atoms with van der Waals surface area (Å²) >= 11 is 0. The molecule has 91 heavy (non-hydrogen) atoms. The molecule has 5 atom stereocenters. The molecule has 0 saturated carbocycles. The Morgan fingerprint density at radius 3 is 0.901 bits per heavy atom. The molecule has 0 amide bonds. The van der Waals surface area contributed by atoms with Gasteiger partial charge in [0.1, 0.15) is 19.3 Å². The summed E-state index contributed by atoms with van der Waals surface area (Å²) in [6.45, 7) is 7.13. The monoisotopic (exact) mass is 1330 g/mol. The highest BCUT2D eigenvalue weighted by Crippen LogP contribution is 2.45. The lowest BCUT2D eigenvalue weighted by molar-refractivity contribution is -0.161. The van der Waals surface area contributed by atoms with Gasteiger partial charge in [-0.3, -0.25) is 37.3 Å². The minimum Gasteiger partial charge on any atom is -0.462 e. The molecule has 0 aliphatic rings. The van der Waals surface area contributed by atoms with E-state index in [0.29, 0.717) is 25.7 Å². The average molecular weight is 1340 g/mol. The first-order valence-corrected chi connectivity index (χ1v) is 39.9. The summed E-state index contributed by atoms with van der Waals surface area (Å²) < 4.78 is 68.1. The van der Waals surface area contributed by atoms with Gasteiger partial charge in [-0.25, -0.2) is 9.13 Å². The first kappa shape index (κ1) is 88.5.